The Labute approximate surface area is 102 Å². The van der Waals surface area contributed by atoms with Gasteiger partial charge in [-0.1, -0.05) is 6.92 Å². The van der Waals surface area contributed by atoms with Crippen molar-refractivity contribution in [1.82, 2.24) is 14.7 Å². The van der Waals surface area contributed by atoms with E-state index in [1.807, 2.05) is 0 Å². The molecule has 96 valence electrons. The number of aromatic nitrogens is 2. The van der Waals surface area contributed by atoms with Crippen LogP contribution in [0.1, 0.15) is 43.2 Å². The minimum absolute atomic E-state index is 0.300. The highest BCUT2D eigenvalue weighted by molar-refractivity contribution is 5.88. The quantitative estimate of drug-likeness (QED) is 0.821. The second kappa shape index (κ2) is 5.82. The number of carboxylic acids is 1. The Morgan fingerprint density at radius 3 is 2.71 bits per heavy atom. The summed E-state index contributed by atoms with van der Waals surface area (Å²) >= 11 is 0. The highest BCUT2D eigenvalue weighted by atomic mass is 16.4. The van der Waals surface area contributed by atoms with Crippen LogP contribution in [0.5, 0.6) is 0 Å². The van der Waals surface area contributed by atoms with Gasteiger partial charge in [0.05, 0.1) is 11.9 Å². The van der Waals surface area contributed by atoms with E-state index in [2.05, 4.69) is 30.8 Å². The van der Waals surface area contributed by atoms with Crippen molar-refractivity contribution < 1.29 is 9.90 Å². The molecule has 0 radical (unpaired) electrons. The average Bonchev–Trinajstić information content (AvgIpc) is 2.59. The lowest BCUT2D eigenvalue weighted by atomic mass is 10.2. The molecular formula is C12H21N3O2. The van der Waals surface area contributed by atoms with Gasteiger partial charge in [-0.3, -0.25) is 9.58 Å². The summed E-state index contributed by atoms with van der Waals surface area (Å²) in [5, 5.41) is 13.1. The molecule has 17 heavy (non-hydrogen) atoms. The van der Waals surface area contributed by atoms with E-state index in [4.69, 9.17) is 5.11 Å². The first-order valence-corrected chi connectivity index (χ1v) is 5.95. The topological polar surface area (TPSA) is 58.4 Å². The Kier molecular flexibility index (Phi) is 4.69. The number of aryl methyl sites for hydroxylation is 1. The Hall–Kier alpha value is -1.36. The van der Waals surface area contributed by atoms with Gasteiger partial charge in [-0.2, -0.15) is 5.10 Å². The lowest BCUT2D eigenvalue weighted by Gasteiger charge is -2.26. The number of rotatable bonds is 6. The van der Waals surface area contributed by atoms with E-state index in [9.17, 15) is 4.79 Å². The van der Waals surface area contributed by atoms with Crippen molar-refractivity contribution in [2.45, 2.75) is 39.8 Å². The molecule has 0 aliphatic carbocycles. The van der Waals surface area contributed by atoms with Gasteiger partial charge in [0, 0.05) is 19.6 Å². The van der Waals surface area contributed by atoms with E-state index in [-0.39, 0.29) is 0 Å². The van der Waals surface area contributed by atoms with Crippen molar-refractivity contribution >= 4 is 5.97 Å². The second-order valence-electron chi connectivity index (χ2n) is 4.50. The molecule has 0 atom stereocenters. The van der Waals surface area contributed by atoms with Gasteiger partial charge in [0.25, 0.3) is 0 Å². The molecule has 0 saturated carbocycles. The highest BCUT2D eigenvalue weighted by Crippen LogP contribution is 2.13. The van der Waals surface area contributed by atoms with Crippen molar-refractivity contribution in [2.24, 2.45) is 7.05 Å². The molecule has 1 aromatic heterocycles. The summed E-state index contributed by atoms with van der Waals surface area (Å²) in [6, 6.07) is 0.395. The lowest BCUT2D eigenvalue weighted by Crippen LogP contribution is -2.32. The van der Waals surface area contributed by atoms with Gasteiger partial charge >= 0.3 is 5.97 Å². The SMILES string of the molecule is CCCN(Cc1c(C(=O)O)cnn1C)C(C)C. The predicted molar refractivity (Wildman–Crippen MR) is 66.0 cm³/mol. The van der Waals surface area contributed by atoms with Gasteiger partial charge in [0.15, 0.2) is 0 Å². The van der Waals surface area contributed by atoms with Crippen LogP contribution in [0, 0.1) is 0 Å². The summed E-state index contributed by atoms with van der Waals surface area (Å²) in [5.74, 6) is -0.909. The molecule has 0 spiro atoms. The standard InChI is InChI=1S/C12H21N3O2/c1-5-6-15(9(2)3)8-11-10(12(16)17)7-13-14(11)4/h7,9H,5-6,8H2,1-4H3,(H,16,17). The van der Waals surface area contributed by atoms with Crippen LogP contribution in [0.25, 0.3) is 0 Å². The molecule has 0 saturated heterocycles. The van der Waals surface area contributed by atoms with E-state index in [0.29, 0.717) is 18.2 Å². The summed E-state index contributed by atoms with van der Waals surface area (Å²) in [7, 11) is 1.78. The fourth-order valence-electron chi connectivity index (χ4n) is 1.83. The smallest absolute Gasteiger partial charge is 0.339 e. The van der Waals surface area contributed by atoms with Crippen LogP contribution < -0.4 is 0 Å². The number of nitrogens with zero attached hydrogens (tertiary/aromatic N) is 3. The minimum Gasteiger partial charge on any atom is -0.478 e. The molecule has 0 aromatic carbocycles. The van der Waals surface area contributed by atoms with Crippen molar-refractivity contribution in [2.75, 3.05) is 6.54 Å². The summed E-state index contributed by atoms with van der Waals surface area (Å²) in [5.41, 5.74) is 1.06. The molecule has 1 aromatic rings. The first kappa shape index (κ1) is 13.7. The maximum absolute atomic E-state index is 11.1. The molecule has 0 amide bonds. The summed E-state index contributed by atoms with van der Waals surface area (Å²) in [4.78, 5) is 13.3. The van der Waals surface area contributed by atoms with Gasteiger partial charge in [0.1, 0.15) is 5.56 Å². The number of hydrogen-bond acceptors (Lipinski definition) is 3. The van der Waals surface area contributed by atoms with Crippen LogP contribution >= 0.6 is 0 Å². The summed E-state index contributed by atoms with van der Waals surface area (Å²) in [6.07, 6.45) is 2.47. The van der Waals surface area contributed by atoms with Crippen LogP contribution in [0.2, 0.25) is 0 Å². The molecule has 0 fully saturated rings. The molecule has 1 N–H and O–H groups in total. The van der Waals surface area contributed by atoms with E-state index in [0.717, 1.165) is 18.7 Å². The zero-order valence-electron chi connectivity index (χ0n) is 11.0. The van der Waals surface area contributed by atoms with Crippen LogP contribution in [0.3, 0.4) is 0 Å². The van der Waals surface area contributed by atoms with Crippen molar-refractivity contribution in [3.63, 3.8) is 0 Å². The highest BCUT2D eigenvalue weighted by Gasteiger charge is 2.18. The van der Waals surface area contributed by atoms with Gasteiger partial charge in [-0.15, -0.1) is 0 Å². The van der Waals surface area contributed by atoms with Crippen LogP contribution in [0.4, 0.5) is 0 Å². The zero-order chi connectivity index (χ0) is 13.0. The Morgan fingerprint density at radius 2 is 2.24 bits per heavy atom. The molecular weight excluding hydrogens is 218 g/mol. The zero-order valence-corrected chi connectivity index (χ0v) is 11.0. The average molecular weight is 239 g/mol. The maximum atomic E-state index is 11.1. The summed E-state index contributed by atoms with van der Waals surface area (Å²) in [6.45, 7) is 7.95. The van der Waals surface area contributed by atoms with Crippen LogP contribution in [-0.2, 0) is 13.6 Å². The number of carboxylic acid groups (broad SMARTS) is 1. The first-order chi connectivity index (χ1) is 7.97. The van der Waals surface area contributed by atoms with Gasteiger partial charge in [0.2, 0.25) is 0 Å². The monoisotopic (exact) mass is 239 g/mol. The molecule has 1 heterocycles. The third-order valence-electron chi connectivity index (χ3n) is 2.89. The van der Waals surface area contributed by atoms with Gasteiger partial charge in [-0.25, -0.2) is 4.79 Å². The van der Waals surface area contributed by atoms with E-state index >= 15 is 0 Å². The molecule has 1 rings (SSSR count). The minimum atomic E-state index is -0.909. The Balaban J connectivity index is 2.92. The molecule has 0 aliphatic heterocycles. The Morgan fingerprint density at radius 1 is 1.59 bits per heavy atom. The van der Waals surface area contributed by atoms with Crippen molar-refractivity contribution in [3.05, 3.63) is 17.5 Å². The number of aromatic carboxylic acids is 1. The molecule has 5 heteroatoms. The maximum Gasteiger partial charge on any atom is 0.339 e. The third-order valence-corrected chi connectivity index (χ3v) is 2.89. The van der Waals surface area contributed by atoms with E-state index in [1.54, 1.807) is 11.7 Å². The molecule has 0 bridgehead atoms. The first-order valence-electron chi connectivity index (χ1n) is 5.95. The second-order valence-corrected chi connectivity index (χ2v) is 4.50. The normalized spacial score (nSPS) is 11.4. The third kappa shape index (κ3) is 3.30. The van der Waals surface area contributed by atoms with Crippen molar-refractivity contribution in [3.8, 4) is 0 Å². The predicted octanol–water partition coefficient (Wildman–Crippen LogP) is 1.74. The fraction of sp³-hybridized carbons (Fsp3) is 0.667. The van der Waals surface area contributed by atoms with Gasteiger partial charge < -0.3 is 5.11 Å². The van der Waals surface area contributed by atoms with Crippen molar-refractivity contribution in [1.29, 1.82) is 0 Å². The lowest BCUT2D eigenvalue weighted by molar-refractivity contribution is 0.0693. The van der Waals surface area contributed by atoms with Crippen LogP contribution in [0.15, 0.2) is 6.20 Å². The largest absolute Gasteiger partial charge is 0.478 e. The Bertz CT molecular complexity index is 385. The molecule has 5 nitrogen and oxygen atoms in total. The van der Waals surface area contributed by atoms with E-state index < -0.39 is 5.97 Å². The molecule has 0 unspecified atom stereocenters. The molecule has 0 aliphatic rings. The summed E-state index contributed by atoms with van der Waals surface area (Å²) < 4.78 is 1.65. The van der Waals surface area contributed by atoms with E-state index in [1.165, 1.54) is 6.20 Å². The number of hydrogen-bond donors (Lipinski definition) is 1. The number of carbonyl (C=O) groups is 1. The van der Waals surface area contributed by atoms with Crippen LogP contribution in [-0.4, -0.2) is 38.3 Å². The van der Waals surface area contributed by atoms with Gasteiger partial charge in [-0.05, 0) is 26.8 Å². The fourth-order valence-corrected chi connectivity index (χ4v) is 1.83.